The van der Waals surface area contributed by atoms with E-state index < -0.39 is 0 Å². The summed E-state index contributed by atoms with van der Waals surface area (Å²) >= 11 is 6.23. The fourth-order valence-electron chi connectivity index (χ4n) is 2.75. The molecule has 0 amide bonds. The van der Waals surface area contributed by atoms with Crippen molar-refractivity contribution in [3.63, 3.8) is 0 Å². The van der Waals surface area contributed by atoms with Gasteiger partial charge in [0.1, 0.15) is 5.15 Å². The van der Waals surface area contributed by atoms with Crippen molar-refractivity contribution in [2.75, 3.05) is 0 Å². The maximum absolute atomic E-state index is 6.23. The molecule has 0 radical (unpaired) electrons. The van der Waals surface area contributed by atoms with Crippen molar-refractivity contribution in [2.24, 2.45) is 0 Å². The molecule has 4 aromatic rings. The van der Waals surface area contributed by atoms with E-state index in [2.05, 4.69) is 46.4 Å². The predicted octanol–water partition coefficient (Wildman–Crippen LogP) is 7.16. The van der Waals surface area contributed by atoms with Crippen LogP contribution in [0.15, 0.2) is 91.0 Å². The van der Waals surface area contributed by atoms with Crippen molar-refractivity contribution >= 4 is 11.6 Å². The van der Waals surface area contributed by atoms with E-state index in [1.807, 2.05) is 62.4 Å². The first kappa shape index (κ1) is 18.8. The molecular formula is C24H21ClN2. The van der Waals surface area contributed by atoms with Gasteiger partial charge in [-0.3, -0.25) is 0 Å². The minimum Gasteiger partial charge on any atom is -0.228 e. The molecule has 0 atom stereocenters. The molecule has 0 aliphatic heterocycles. The average molecular weight is 373 g/mol. The van der Waals surface area contributed by atoms with Gasteiger partial charge in [0.05, 0.1) is 5.69 Å². The number of hydrogen-bond donors (Lipinski definition) is 0. The quantitative estimate of drug-likeness (QED) is 0.356. The van der Waals surface area contributed by atoms with E-state index in [1.54, 1.807) is 6.07 Å². The van der Waals surface area contributed by atoms with Gasteiger partial charge in [-0.1, -0.05) is 110 Å². The molecule has 0 N–H and O–H groups in total. The van der Waals surface area contributed by atoms with Crippen LogP contribution in [0.3, 0.4) is 0 Å². The SMILES string of the molecule is CC.Clc1cc(-c2ccc(-c3ccccc3)cc2)nc(-c2ccccc2)n1. The van der Waals surface area contributed by atoms with Crippen molar-refractivity contribution < 1.29 is 0 Å². The molecule has 1 aromatic heterocycles. The summed E-state index contributed by atoms with van der Waals surface area (Å²) in [6.45, 7) is 4.00. The molecule has 0 unspecified atom stereocenters. The number of aromatic nitrogens is 2. The normalized spacial score (nSPS) is 10.0. The minimum atomic E-state index is 0.441. The average Bonchev–Trinajstić information content (AvgIpc) is 2.76. The lowest BCUT2D eigenvalue weighted by Gasteiger charge is -2.07. The Morgan fingerprint density at radius 2 is 1.04 bits per heavy atom. The van der Waals surface area contributed by atoms with Crippen LogP contribution in [0.1, 0.15) is 13.8 Å². The number of halogens is 1. The van der Waals surface area contributed by atoms with Crippen molar-refractivity contribution in [2.45, 2.75) is 13.8 Å². The first-order valence-corrected chi connectivity index (χ1v) is 9.43. The molecule has 1 heterocycles. The molecule has 0 spiro atoms. The van der Waals surface area contributed by atoms with E-state index in [1.165, 1.54) is 11.1 Å². The Morgan fingerprint density at radius 3 is 1.63 bits per heavy atom. The molecule has 0 aliphatic carbocycles. The molecule has 0 aliphatic rings. The third-order valence-electron chi connectivity index (χ3n) is 4.01. The van der Waals surface area contributed by atoms with Crippen LogP contribution in [0.5, 0.6) is 0 Å². The molecule has 2 nitrogen and oxygen atoms in total. The van der Waals surface area contributed by atoms with Crippen LogP contribution < -0.4 is 0 Å². The van der Waals surface area contributed by atoms with Crippen molar-refractivity contribution in [1.82, 2.24) is 9.97 Å². The van der Waals surface area contributed by atoms with Gasteiger partial charge in [-0.15, -0.1) is 0 Å². The highest BCUT2D eigenvalue weighted by Gasteiger charge is 2.08. The van der Waals surface area contributed by atoms with Crippen LogP contribution in [0.4, 0.5) is 0 Å². The largest absolute Gasteiger partial charge is 0.228 e. The second-order valence-corrected chi connectivity index (χ2v) is 6.10. The summed E-state index contributed by atoms with van der Waals surface area (Å²) in [6.07, 6.45) is 0. The van der Waals surface area contributed by atoms with Crippen LogP contribution in [-0.4, -0.2) is 9.97 Å². The molecular weight excluding hydrogens is 352 g/mol. The van der Waals surface area contributed by atoms with E-state index in [4.69, 9.17) is 11.6 Å². The third kappa shape index (κ3) is 4.60. The lowest BCUT2D eigenvalue weighted by Crippen LogP contribution is -1.93. The highest BCUT2D eigenvalue weighted by atomic mass is 35.5. The topological polar surface area (TPSA) is 25.8 Å². The Kier molecular flexibility index (Phi) is 6.35. The second-order valence-electron chi connectivity index (χ2n) is 5.71. The van der Waals surface area contributed by atoms with E-state index in [9.17, 15) is 0 Å². The summed E-state index contributed by atoms with van der Waals surface area (Å²) in [7, 11) is 0. The Labute approximate surface area is 165 Å². The number of hydrogen-bond acceptors (Lipinski definition) is 2. The van der Waals surface area contributed by atoms with Crippen molar-refractivity contribution in [3.8, 4) is 33.8 Å². The second kappa shape index (κ2) is 9.11. The third-order valence-corrected chi connectivity index (χ3v) is 4.21. The molecule has 0 saturated carbocycles. The molecule has 0 bridgehead atoms. The zero-order valence-electron chi connectivity index (χ0n) is 15.4. The number of benzene rings is 3. The van der Waals surface area contributed by atoms with Gasteiger partial charge in [0, 0.05) is 17.2 Å². The van der Waals surface area contributed by atoms with Crippen LogP contribution in [0.2, 0.25) is 5.15 Å². The minimum absolute atomic E-state index is 0.441. The van der Waals surface area contributed by atoms with Crippen LogP contribution in [0, 0.1) is 0 Å². The molecule has 3 heteroatoms. The zero-order valence-corrected chi connectivity index (χ0v) is 16.2. The Bertz CT molecular complexity index is 982. The lowest BCUT2D eigenvalue weighted by atomic mass is 10.0. The summed E-state index contributed by atoms with van der Waals surface area (Å²) in [6, 6.07) is 30.3. The lowest BCUT2D eigenvalue weighted by molar-refractivity contribution is 1.18. The summed E-state index contributed by atoms with van der Waals surface area (Å²) in [5, 5.41) is 0.441. The highest BCUT2D eigenvalue weighted by Crippen LogP contribution is 2.27. The van der Waals surface area contributed by atoms with Gasteiger partial charge in [-0.05, 0) is 11.1 Å². The van der Waals surface area contributed by atoms with Gasteiger partial charge in [-0.25, -0.2) is 9.97 Å². The summed E-state index contributed by atoms with van der Waals surface area (Å²) in [5.41, 5.74) is 5.15. The van der Waals surface area contributed by atoms with Gasteiger partial charge in [0.25, 0.3) is 0 Å². The maximum Gasteiger partial charge on any atom is 0.161 e. The van der Waals surface area contributed by atoms with Crippen LogP contribution in [0.25, 0.3) is 33.8 Å². The van der Waals surface area contributed by atoms with Gasteiger partial charge in [0.15, 0.2) is 5.82 Å². The first-order chi connectivity index (χ1) is 13.3. The fraction of sp³-hybridized carbons (Fsp3) is 0.0833. The number of rotatable bonds is 3. The molecule has 0 fully saturated rings. The van der Waals surface area contributed by atoms with Crippen molar-refractivity contribution in [3.05, 3.63) is 96.1 Å². The molecule has 4 rings (SSSR count). The number of nitrogens with zero attached hydrogens (tertiary/aromatic N) is 2. The Morgan fingerprint density at radius 1 is 0.556 bits per heavy atom. The van der Waals surface area contributed by atoms with Gasteiger partial charge < -0.3 is 0 Å². The zero-order chi connectivity index (χ0) is 19.1. The molecule has 134 valence electrons. The predicted molar refractivity (Wildman–Crippen MR) is 115 cm³/mol. The molecule has 27 heavy (non-hydrogen) atoms. The smallest absolute Gasteiger partial charge is 0.161 e. The fourth-order valence-corrected chi connectivity index (χ4v) is 2.93. The standard InChI is InChI=1S/C22H15ClN2.C2H6/c23-21-15-20(24-22(25-21)19-9-5-2-6-10-19)18-13-11-17(12-14-18)16-7-3-1-4-8-16;1-2/h1-15H;1-2H3. The van der Waals surface area contributed by atoms with E-state index in [0.29, 0.717) is 11.0 Å². The molecule has 0 saturated heterocycles. The van der Waals surface area contributed by atoms with Gasteiger partial charge in [0.2, 0.25) is 0 Å². The monoisotopic (exact) mass is 372 g/mol. The van der Waals surface area contributed by atoms with E-state index in [0.717, 1.165) is 16.8 Å². The van der Waals surface area contributed by atoms with Crippen LogP contribution >= 0.6 is 11.6 Å². The van der Waals surface area contributed by atoms with E-state index in [-0.39, 0.29) is 0 Å². The molecule has 3 aromatic carbocycles. The first-order valence-electron chi connectivity index (χ1n) is 9.05. The van der Waals surface area contributed by atoms with E-state index >= 15 is 0 Å². The van der Waals surface area contributed by atoms with Gasteiger partial charge in [-0.2, -0.15) is 0 Å². The van der Waals surface area contributed by atoms with Gasteiger partial charge >= 0.3 is 0 Å². The summed E-state index contributed by atoms with van der Waals surface area (Å²) in [5.74, 6) is 0.634. The van der Waals surface area contributed by atoms with Crippen molar-refractivity contribution in [1.29, 1.82) is 0 Å². The Hall–Kier alpha value is -2.97. The maximum atomic E-state index is 6.23. The van der Waals surface area contributed by atoms with Crippen LogP contribution in [-0.2, 0) is 0 Å². The summed E-state index contributed by atoms with van der Waals surface area (Å²) < 4.78 is 0. The highest BCUT2D eigenvalue weighted by molar-refractivity contribution is 6.29. The Balaban J connectivity index is 0.00000102. The summed E-state index contributed by atoms with van der Waals surface area (Å²) in [4.78, 5) is 9.03.